The number of morpholine rings is 1. The Labute approximate surface area is 141 Å². The van der Waals surface area contributed by atoms with Crippen LogP contribution in [0.4, 0.5) is 11.4 Å². The summed E-state index contributed by atoms with van der Waals surface area (Å²) in [6.07, 6.45) is 3.48. The van der Waals surface area contributed by atoms with Crippen LogP contribution < -0.4 is 4.90 Å². The molecule has 1 aromatic carbocycles. The Hall–Kier alpha value is -1.37. The van der Waals surface area contributed by atoms with Gasteiger partial charge in [-0.25, -0.2) is 0 Å². The number of halogens is 1. The molecule has 3 rings (SSSR count). The molecule has 0 saturated carbocycles. The maximum absolute atomic E-state index is 10.9. The molecule has 1 atom stereocenters. The molecule has 0 N–H and O–H groups in total. The third-order valence-electron chi connectivity index (χ3n) is 4.65. The number of piperidine rings is 1. The Balaban J connectivity index is 1.76. The van der Waals surface area contributed by atoms with Gasteiger partial charge in [-0.05, 0) is 25.3 Å². The first-order valence-corrected chi connectivity index (χ1v) is 8.53. The van der Waals surface area contributed by atoms with E-state index in [0.717, 1.165) is 57.9 Å². The van der Waals surface area contributed by atoms with E-state index in [4.69, 9.17) is 16.3 Å². The van der Waals surface area contributed by atoms with Crippen LogP contribution in [0.3, 0.4) is 0 Å². The van der Waals surface area contributed by atoms with Gasteiger partial charge in [0, 0.05) is 44.4 Å². The molecule has 2 aliphatic rings. The summed E-state index contributed by atoms with van der Waals surface area (Å²) in [7, 11) is 0. The van der Waals surface area contributed by atoms with Gasteiger partial charge in [0.05, 0.1) is 28.8 Å². The summed E-state index contributed by atoms with van der Waals surface area (Å²) in [5.74, 6) is 0. The van der Waals surface area contributed by atoms with Crippen LogP contribution in [0.2, 0.25) is 5.02 Å². The second kappa shape index (κ2) is 7.47. The van der Waals surface area contributed by atoms with Crippen molar-refractivity contribution in [3.63, 3.8) is 0 Å². The van der Waals surface area contributed by atoms with Crippen LogP contribution in [0.25, 0.3) is 0 Å². The van der Waals surface area contributed by atoms with Crippen LogP contribution in [0.15, 0.2) is 18.2 Å². The Morgan fingerprint density at radius 1 is 1.26 bits per heavy atom. The second-order valence-electron chi connectivity index (χ2n) is 6.15. The Morgan fingerprint density at radius 3 is 2.74 bits per heavy atom. The van der Waals surface area contributed by atoms with E-state index in [1.54, 1.807) is 12.1 Å². The number of rotatable bonds is 4. The minimum absolute atomic E-state index is 0.0421. The predicted octanol–water partition coefficient (Wildman–Crippen LogP) is 2.94. The van der Waals surface area contributed by atoms with Gasteiger partial charge < -0.3 is 9.64 Å². The maximum atomic E-state index is 10.9. The van der Waals surface area contributed by atoms with Crippen molar-refractivity contribution in [1.29, 1.82) is 0 Å². The highest BCUT2D eigenvalue weighted by Gasteiger charge is 2.27. The van der Waals surface area contributed by atoms with Crippen molar-refractivity contribution < 1.29 is 9.66 Å². The molecule has 126 valence electrons. The second-order valence-corrected chi connectivity index (χ2v) is 6.56. The highest BCUT2D eigenvalue weighted by atomic mass is 35.5. The molecular weight excluding hydrogens is 318 g/mol. The lowest BCUT2D eigenvalue weighted by Gasteiger charge is -2.41. The molecule has 0 radical (unpaired) electrons. The maximum Gasteiger partial charge on any atom is 0.271 e. The van der Waals surface area contributed by atoms with Crippen LogP contribution >= 0.6 is 11.6 Å². The molecule has 0 amide bonds. The number of nitro groups is 1. The molecule has 0 aliphatic carbocycles. The average molecular weight is 340 g/mol. The summed E-state index contributed by atoms with van der Waals surface area (Å²) >= 11 is 6.34. The smallest absolute Gasteiger partial charge is 0.271 e. The third-order valence-corrected chi connectivity index (χ3v) is 4.95. The van der Waals surface area contributed by atoms with Crippen molar-refractivity contribution in [3.05, 3.63) is 33.3 Å². The fraction of sp³-hybridized carbons (Fsp3) is 0.625. The Kier molecular flexibility index (Phi) is 5.35. The number of nitro benzene ring substituents is 1. The number of hydrogen-bond acceptors (Lipinski definition) is 5. The molecule has 2 aliphatic heterocycles. The van der Waals surface area contributed by atoms with Crippen molar-refractivity contribution in [3.8, 4) is 0 Å². The zero-order valence-corrected chi connectivity index (χ0v) is 13.9. The predicted molar refractivity (Wildman–Crippen MR) is 90.4 cm³/mol. The van der Waals surface area contributed by atoms with E-state index in [1.807, 2.05) is 0 Å². The van der Waals surface area contributed by atoms with E-state index in [0.29, 0.717) is 11.1 Å². The molecule has 2 fully saturated rings. The van der Waals surface area contributed by atoms with E-state index in [9.17, 15) is 10.1 Å². The minimum Gasteiger partial charge on any atom is -0.379 e. The van der Waals surface area contributed by atoms with Crippen LogP contribution in [0.5, 0.6) is 0 Å². The fourth-order valence-electron chi connectivity index (χ4n) is 3.43. The van der Waals surface area contributed by atoms with E-state index < -0.39 is 4.92 Å². The van der Waals surface area contributed by atoms with Crippen molar-refractivity contribution in [2.75, 3.05) is 44.3 Å². The van der Waals surface area contributed by atoms with E-state index in [-0.39, 0.29) is 5.69 Å². The van der Waals surface area contributed by atoms with Crippen molar-refractivity contribution in [2.24, 2.45) is 0 Å². The first-order chi connectivity index (χ1) is 11.1. The van der Waals surface area contributed by atoms with Gasteiger partial charge in [0.1, 0.15) is 0 Å². The summed E-state index contributed by atoms with van der Waals surface area (Å²) in [4.78, 5) is 15.2. The topological polar surface area (TPSA) is 58.9 Å². The first kappa shape index (κ1) is 16.5. The molecule has 0 spiro atoms. The molecule has 2 saturated heterocycles. The molecular formula is C16H22ClN3O3. The van der Waals surface area contributed by atoms with Crippen LogP contribution in [-0.4, -0.2) is 55.3 Å². The minimum atomic E-state index is -0.406. The van der Waals surface area contributed by atoms with Gasteiger partial charge in [0.15, 0.2) is 0 Å². The largest absolute Gasteiger partial charge is 0.379 e. The molecule has 23 heavy (non-hydrogen) atoms. The lowest BCUT2D eigenvalue weighted by atomic mass is 10.00. The van der Waals surface area contributed by atoms with E-state index in [1.165, 1.54) is 12.5 Å². The molecule has 6 nitrogen and oxygen atoms in total. The molecule has 2 heterocycles. The molecule has 0 bridgehead atoms. The van der Waals surface area contributed by atoms with E-state index in [2.05, 4.69) is 9.80 Å². The zero-order chi connectivity index (χ0) is 16.2. The summed E-state index contributed by atoms with van der Waals surface area (Å²) in [5.41, 5.74) is 0.954. The number of benzene rings is 1. The number of anilines is 1. The monoisotopic (exact) mass is 339 g/mol. The Morgan fingerprint density at radius 2 is 2.04 bits per heavy atom. The van der Waals surface area contributed by atoms with Gasteiger partial charge in [-0.1, -0.05) is 11.6 Å². The van der Waals surface area contributed by atoms with Gasteiger partial charge in [0.25, 0.3) is 5.69 Å². The Bertz CT molecular complexity index is 564. The number of ether oxygens (including phenoxy) is 1. The normalized spacial score (nSPS) is 23.0. The van der Waals surface area contributed by atoms with Crippen molar-refractivity contribution >= 4 is 23.0 Å². The van der Waals surface area contributed by atoms with Gasteiger partial charge >= 0.3 is 0 Å². The van der Waals surface area contributed by atoms with Crippen molar-refractivity contribution in [1.82, 2.24) is 4.90 Å². The standard InChI is InChI=1S/C16H22ClN3O3/c17-15-11-13(20(21)22)4-5-16(15)19-6-2-1-3-14(19)12-18-7-9-23-10-8-18/h4-5,11,14H,1-3,6-10,12H2. The average Bonchev–Trinajstić information content (AvgIpc) is 2.56. The SMILES string of the molecule is O=[N+]([O-])c1ccc(N2CCCCC2CN2CCOCC2)c(Cl)c1. The van der Waals surface area contributed by atoms with Gasteiger partial charge in [0.2, 0.25) is 0 Å². The number of non-ortho nitro benzene ring substituents is 1. The summed E-state index contributed by atoms with van der Waals surface area (Å²) in [6.45, 7) is 5.48. The number of hydrogen-bond donors (Lipinski definition) is 0. The highest BCUT2D eigenvalue weighted by Crippen LogP contribution is 2.34. The summed E-state index contributed by atoms with van der Waals surface area (Å²) in [6, 6.07) is 5.19. The fourth-order valence-corrected chi connectivity index (χ4v) is 3.71. The van der Waals surface area contributed by atoms with Gasteiger partial charge in [-0.15, -0.1) is 0 Å². The zero-order valence-electron chi connectivity index (χ0n) is 13.1. The summed E-state index contributed by atoms with van der Waals surface area (Å²) < 4.78 is 5.41. The van der Waals surface area contributed by atoms with E-state index >= 15 is 0 Å². The van der Waals surface area contributed by atoms with Crippen LogP contribution in [0, 0.1) is 10.1 Å². The quantitative estimate of drug-likeness (QED) is 0.623. The molecule has 0 aromatic heterocycles. The highest BCUT2D eigenvalue weighted by molar-refractivity contribution is 6.33. The van der Waals surface area contributed by atoms with Gasteiger partial charge in [-0.3, -0.25) is 15.0 Å². The molecule has 1 unspecified atom stereocenters. The number of nitrogens with zero attached hydrogens (tertiary/aromatic N) is 3. The molecule has 7 heteroatoms. The lowest BCUT2D eigenvalue weighted by Crippen LogP contribution is -2.49. The van der Waals surface area contributed by atoms with Crippen LogP contribution in [-0.2, 0) is 4.74 Å². The van der Waals surface area contributed by atoms with Crippen molar-refractivity contribution in [2.45, 2.75) is 25.3 Å². The van der Waals surface area contributed by atoms with Gasteiger partial charge in [-0.2, -0.15) is 0 Å². The van der Waals surface area contributed by atoms with Crippen LogP contribution in [0.1, 0.15) is 19.3 Å². The lowest BCUT2D eigenvalue weighted by molar-refractivity contribution is -0.384. The third kappa shape index (κ3) is 3.94. The first-order valence-electron chi connectivity index (χ1n) is 8.16. The summed E-state index contributed by atoms with van der Waals surface area (Å²) in [5, 5.41) is 11.3. The molecule has 1 aromatic rings.